The van der Waals surface area contributed by atoms with Gasteiger partial charge in [0.05, 0.1) is 25.0 Å². The summed E-state index contributed by atoms with van der Waals surface area (Å²) in [6, 6.07) is 4.04. The first kappa shape index (κ1) is 16.2. The molecule has 1 unspecified atom stereocenters. The number of carbonyl (C=O) groups excluding carboxylic acids is 1. The fraction of sp³-hybridized carbons (Fsp3) is 0.556. The Morgan fingerprint density at radius 3 is 2.96 bits per heavy atom. The predicted molar refractivity (Wildman–Crippen MR) is 93.0 cm³/mol. The molecule has 7 nitrogen and oxygen atoms in total. The molecule has 0 radical (unpaired) electrons. The van der Waals surface area contributed by atoms with Crippen LogP contribution in [0.2, 0.25) is 0 Å². The highest BCUT2D eigenvalue weighted by molar-refractivity contribution is 5.75. The van der Waals surface area contributed by atoms with Crippen LogP contribution in [-0.4, -0.2) is 51.8 Å². The van der Waals surface area contributed by atoms with E-state index in [0.29, 0.717) is 0 Å². The van der Waals surface area contributed by atoms with Crippen LogP contribution in [0.1, 0.15) is 35.9 Å². The molecule has 1 atom stereocenters. The molecule has 7 heteroatoms. The van der Waals surface area contributed by atoms with E-state index in [9.17, 15) is 4.79 Å². The topological polar surface area (TPSA) is 66.5 Å². The number of carbonyl (C=O) groups is 1. The Hall–Kier alpha value is -2.28. The third-order valence-corrected chi connectivity index (χ3v) is 5.29. The molecule has 1 saturated heterocycles. The molecule has 3 heterocycles. The van der Waals surface area contributed by atoms with Gasteiger partial charge in [-0.1, -0.05) is 0 Å². The normalized spacial score (nSPS) is 21.2. The van der Waals surface area contributed by atoms with Crippen LogP contribution in [0.15, 0.2) is 29.0 Å². The van der Waals surface area contributed by atoms with E-state index in [4.69, 9.17) is 4.42 Å². The Morgan fingerprint density at radius 1 is 1.36 bits per heavy atom. The highest BCUT2D eigenvalue weighted by Gasteiger charge is 2.28. The summed E-state index contributed by atoms with van der Waals surface area (Å²) < 4.78 is 7.34. The lowest BCUT2D eigenvalue weighted by Crippen LogP contribution is -2.52. The summed E-state index contributed by atoms with van der Waals surface area (Å²) in [5, 5.41) is 7.56. The summed E-state index contributed by atoms with van der Waals surface area (Å²) in [7, 11) is 1.97. The van der Waals surface area contributed by atoms with E-state index in [1.54, 1.807) is 6.26 Å². The van der Waals surface area contributed by atoms with E-state index in [1.165, 1.54) is 11.3 Å². The Kier molecular flexibility index (Phi) is 4.48. The molecule has 2 aliphatic rings. The van der Waals surface area contributed by atoms with Crippen molar-refractivity contribution >= 4 is 6.03 Å². The highest BCUT2D eigenvalue weighted by atomic mass is 16.3. The second-order valence-electron chi connectivity index (χ2n) is 6.91. The number of aryl methyl sites for hydroxylation is 1. The van der Waals surface area contributed by atoms with Crippen molar-refractivity contribution in [3.05, 3.63) is 41.6 Å². The maximum Gasteiger partial charge on any atom is 0.317 e. The van der Waals surface area contributed by atoms with Crippen molar-refractivity contribution in [3.63, 3.8) is 0 Å². The zero-order valence-corrected chi connectivity index (χ0v) is 14.6. The number of rotatable bonds is 3. The van der Waals surface area contributed by atoms with Gasteiger partial charge in [-0.2, -0.15) is 5.10 Å². The van der Waals surface area contributed by atoms with Gasteiger partial charge in [0, 0.05) is 44.5 Å². The van der Waals surface area contributed by atoms with E-state index in [-0.39, 0.29) is 12.1 Å². The molecule has 1 aliphatic heterocycles. The van der Waals surface area contributed by atoms with E-state index in [2.05, 4.69) is 15.3 Å². The lowest BCUT2D eigenvalue weighted by molar-refractivity contribution is 0.128. The average molecular weight is 343 g/mol. The van der Waals surface area contributed by atoms with Gasteiger partial charge in [0.2, 0.25) is 0 Å². The first-order valence-corrected chi connectivity index (χ1v) is 9.01. The van der Waals surface area contributed by atoms with Crippen molar-refractivity contribution < 1.29 is 9.21 Å². The Bertz CT molecular complexity index is 716. The lowest BCUT2D eigenvalue weighted by atomic mass is 9.93. The molecule has 2 aromatic heterocycles. The van der Waals surface area contributed by atoms with Gasteiger partial charge in [0.25, 0.3) is 0 Å². The molecule has 4 rings (SSSR count). The van der Waals surface area contributed by atoms with Crippen molar-refractivity contribution in [3.8, 4) is 0 Å². The van der Waals surface area contributed by atoms with E-state index >= 15 is 0 Å². The van der Waals surface area contributed by atoms with Crippen LogP contribution < -0.4 is 5.32 Å². The number of amides is 2. The average Bonchev–Trinajstić information content (AvgIpc) is 3.26. The minimum atomic E-state index is 0.0411. The largest absolute Gasteiger partial charge is 0.468 e. The Balaban J connectivity index is 1.31. The number of hydrogen-bond acceptors (Lipinski definition) is 4. The molecule has 0 spiro atoms. The number of nitrogens with zero attached hydrogens (tertiary/aromatic N) is 4. The standard InChI is InChI=1S/C18H25N5O2/c1-21-17-6-2-5-16(15(17)12-19-21)20-18(24)23-9-7-22(8-10-23)13-14-4-3-11-25-14/h3-4,11-12,16H,2,5-10,13H2,1H3,(H,20,24). The SMILES string of the molecule is Cn1ncc2c1CCCC2NC(=O)N1CCN(Cc2ccco2)CC1. The molecular weight excluding hydrogens is 318 g/mol. The molecular formula is C18H25N5O2. The molecule has 0 aromatic carbocycles. The quantitative estimate of drug-likeness (QED) is 0.925. The molecule has 1 fully saturated rings. The van der Waals surface area contributed by atoms with Crippen LogP contribution in [0.3, 0.4) is 0 Å². The summed E-state index contributed by atoms with van der Waals surface area (Å²) in [6.07, 6.45) is 6.73. The third-order valence-electron chi connectivity index (χ3n) is 5.29. The summed E-state index contributed by atoms with van der Waals surface area (Å²) >= 11 is 0. The lowest BCUT2D eigenvalue weighted by Gasteiger charge is -2.35. The van der Waals surface area contributed by atoms with E-state index in [0.717, 1.165) is 57.7 Å². The van der Waals surface area contributed by atoms with Gasteiger partial charge in [-0.25, -0.2) is 4.79 Å². The molecule has 134 valence electrons. The van der Waals surface area contributed by atoms with Gasteiger partial charge in [-0.3, -0.25) is 9.58 Å². The number of fused-ring (bicyclic) bond motifs is 1. The van der Waals surface area contributed by atoms with E-state index in [1.807, 2.05) is 35.0 Å². The smallest absolute Gasteiger partial charge is 0.317 e. The van der Waals surface area contributed by atoms with Crippen molar-refractivity contribution in [1.29, 1.82) is 0 Å². The predicted octanol–water partition coefficient (Wildman–Crippen LogP) is 1.92. The van der Waals surface area contributed by atoms with Gasteiger partial charge < -0.3 is 14.6 Å². The van der Waals surface area contributed by atoms with Crippen LogP contribution in [0.5, 0.6) is 0 Å². The zero-order valence-electron chi connectivity index (χ0n) is 14.6. The van der Waals surface area contributed by atoms with Crippen LogP contribution in [0, 0.1) is 0 Å². The zero-order chi connectivity index (χ0) is 17.2. The Labute approximate surface area is 147 Å². The van der Waals surface area contributed by atoms with Gasteiger partial charge in [-0.05, 0) is 31.4 Å². The molecule has 25 heavy (non-hydrogen) atoms. The molecule has 0 bridgehead atoms. The number of nitrogens with one attached hydrogen (secondary N) is 1. The number of piperazine rings is 1. The van der Waals surface area contributed by atoms with Crippen LogP contribution in [-0.2, 0) is 20.0 Å². The van der Waals surface area contributed by atoms with Crippen molar-refractivity contribution in [2.24, 2.45) is 7.05 Å². The van der Waals surface area contributed by atoms with Crippen molar-refractivity contribution in [2.45, 2.75) is 31.8 Å². The highest BCUT2D eigenvalue weighted by Crippen LogP contribution is 2.29. The Morgan fingerprint density at radius 2 is 2.20 bits per heavy atom. The number of urea groups is 1. The fourth-order valence-corrected chi connectivity index (χ4v) is 3.83. The van der Waals surface area contributed by atoms with Crippen molar-refractivity contribution in [2.75, 3.05) is 26.2 Å². The second kappa shape index (κ2) is 6.92. The van der Waals surface area contributed by atoms with Crippen molar-refractivity contribution in [1.82, 2.24) is 24.9 Å². The monoisotopic (exact) mass is 343 g/mol. The maximum atomic E-state index is 12.7. The van der Waals surface area contributed by atoms with Gasteiger partial charge >= 0.3 is 6.03 Å². The molecule has 0 saturated carbocycles. The molecule has 2 aromatic rings. The van der Waals surface area contributed by atoms with Gasteiger partial charge in [0.15, 0.2) is 0 Å². The van der Waals surface area contributed by atoms with Crippen LogP contribution >= 0.6 is 0 Å². The minimum absolute atomic E-state index is 0.0411. The number of aromatic nitrogens is 2. The number of furan rings is 1. The summed E-state index contributed by atoms with van der Waals surface area (Å²) in [5.41, 5.74) is 2.43. The maximum absolute atomic E-state index is 12.7. The first-order chi connectivity index (χ1) is 12.2. The molecule has 1 aliphatic carbocycles. The van der Waals surface area contributed by atoms with Gasteiger partial charge in [0.1, 0.15) is 5.76 Å². The molecule has 2 amide bonds. The first-order valence-electron chi connectivity index (χ1n) is 9.01. The van der Waals surface area contributed by atoms with Gasteiger partial charge in [-0.15, -0.1) is 0 Å². The summed E-state index contributed by atoms with van der Waals surface area (Å²) in [5.74, 6) is 0.976. The minimum Gasteiger partial charge on any atom is -0.468 e. The van der Waals surface area contributed by atoms with Crippen LogP contribution in [0.25, 0.3) is 0 Å². The van der Waals surface area contributed by atoms with Crippen LogP contribution in [0.4, 0.5) is 4.79 Å². The second-order valence-corrected chi connectivity index (χ2v) is 6.91. The fourth-order valence-electron chi connectivity index (χ4n) is 3.83. The summed E-state index contributed by atoms with van der Waals surface area (Å²) in [4.78, 5) is 16.9. The molecule has 1 N–H and O–H groups in total. The third kappa shape index (κ3) is 3.42. The van der Waals surface area contributed by atoms with E-state index < -0.39 is 0 Å². The number of hydrogen-bond donors (Lipinski definition) is 1. The summed E-state index contributed by atoms with van der Waals surface area (Å²) in [6.45, 7) is 4.05.